The van der Waals surface area contributed by atoms with E-state index in [0.717, 1.165) is 0 Å². The molecule has 0 radical (unpaired) electrons. The van der Waals surface area contributed by atoms with Crippen molar-refractivity contribution >= 4 is 23.3 Å². The van der Waals surface area contributed by atoms with Crippen molar-refractivity contribution in [3.63, 3.8) is 0 Å². The number of carbonyl (C=O) groups is 1. The smallest absolute Gasteiger partial charge is 0.477 e. The maximum Gasteiger partial charge on any atom is 0.573 e. The van der Waals surface area contributed by atoms with E-state index in [1.807, 2.05) is 0 Å². The van der Waals surface area contributed by atoms with Crippen LogP contribution in [0.15, 0.2) is 12.1 Å². The zero-order valence-electron chi connectivity index (χ0n) is 8.19. The molecule has 1 aromatic rings. The summed E-state index contributed by atoms with van der Waals surface area (Å²) in [5.74, 6) is -2.79. The Bertz CT molecular complexity index is 516. The first-order valence-corrected chi connectivity index (χ1v) is 4.46. The minimum Gasteiger partial charge on any atom is -0.477 e. The van der Waals surface area contributed by atoms with E-state index in [1.54, 1.807) is 0 Å². The van der Waals surface area contributed by atoms with Crippen molar-refractivity contribution < 1.29 is 32.7 Å². The Kier molecular flexibility index (Phi) is 3.65. The third kappa shape index (κ3) is 3.23. The zero-order valence-corrected chi connectivity index (χ0v) is 8.95. The van der Waals surface area contributed by atoms with E-state index in [4.69, 9.17) is 16.7 Å². The normalized spacial score (nSPS) is 11.1. The van der Waals surface area contributed by atoms with E-state index < -0.39 is 39.3 Å². The van der Waals surface area contributed by atoms with Gasteiger partial charge >= 0.3 is 12.3 Å². The molecule has 0 aliphatic rings. The van der Waals surface area contributed by atoms with Crippen LogP contribution in [-0.4, -0.2) is 22.4 Å². The predicted molar refractivity (Wildman–Crippen MR) is 51.7 cm³/mol. The molecular formula is C8H3ClF3NO5. The number of rotatable bonds is 3. The van der Waals surface area contributed by atoms with Crippen molar-refractivity contribution in [1.29, 1.82) is 0 Å². The molecule has 1 N–H and O–H groups in total. The SMILES string of the molecule is O=C(O)c1cc(OC(F)(F)F)c(Cl)cc1[N+](=O)[O-]. The summed E-state index contributed by atoms with van der Waals surface area (Å²) in [5, 5.41) is 18.4. The van der Waals surface area contributed by atoms with Gasteiger partial charge in [0.2, 0.25) is 0 Å². The Hall–Kier alpha value is -2.03. The molecular weight excluding hydrogens is 283 g/mol. The van der Waals surface area contributed by atoms with Gasteiger partial charge in [0.15, 0.2) is 0 Å². The molecule has 0 amide bonds. The van der Waals surface area contributed by atoms with Gasteiger partial charge in [-0.1, -0.05) is 11.6 Å². The highest BCUT2D eigenvalue weighted by atomic mass is 35.5. The predicted octanol–water partition coefficient (Wildman–Crippen LogP) is 2.85. The topological polar surface area (TPSA) is 89.7 Å². The van der Waals surface area contributed by atoms with Crippen molar-refractivity contribution in [2.75, 3.05) is 0 Å². The second-order valence-corrected chi connectivity index (χ2v) is 3.32. The average molecular weight is 286 g/mol. The van der Waals surface area contributed by atoms with Crippen LogP contribution >= 0.6 is 11.6 Å². The standard InChI is InChI=1S/C8H3ClF3NO5/c9-4-2-5(13(16)17)3(7(14)15)1-6(4)18-8(10,11)12/h1-2H,(H,14,15). The fraction of sp³-hybridized carbons (Fsp3) is 0.125. The molecule has 0 atom stereocenters. The highest BCUT2D eigenvalue weighted by Gasteiger charge is 2.34. The Morgan fingerprint density at radius 1 is 1.44 bits per heavy atom. The van der Waals surface area contributed by atoms with E-state index >= 15 is 0 Å². The minimum absolute atomic E-state index is 0.344. The number of hydrogen-bond donors (Lipinski definition) is 1. The molecule has 6 nitrogen and oxygen atoms in total. The average Bonchev–Trinajstić information content (AvgIpc) is 2.17. The van der Waals surface area contributed by atoms with Gasteiger partial charge in [0.05, 0.1) is 9.95 Å². The van der Waals surface area contributed by atoms with Gasteiger partial charge in [-0.15, -0.1) is 13.2 Å². The molecule has 0 aromatic heterocycles. The number of aromatic carboxylic acids is 1. The van der Waals surface area contributed by atoms with Gasteiger partial charge in [0, 0.05) is 12.1 Å². The fourth-order valence-electron chi connectivity index (χ4n) is 1.07. The van der Waals surface area contributed by atoms with Gasteiger partial charge in [-0.3, -0.25) is 10.1 Å². The van der Waals surface area contributed by atoms with Gasteiger partial charge in [-0.25, -0.2) is 4.79 Å². The molecule has 1 aromatic carbocycles. The lowest BCUT2D eigenvalue weighted by molar-refractivity contribution is -0.385. The van der Waals surface area contributed by atoms with Crippen molar-refractivity contribution in [3.05, 3.63) is 32.8 Å². The zero-order chi connectivity index (χ0) is 14.1. The molecule has 0 spiro atoms. The first-order valence-electron chi connectivity index (χ1n) is 4.09. The van der Waals surface area contributed by atoms with Crippen LogP contribution in [-0.2, 0) is 0 Å². The summed E-state index contributed by atoms with van der Waals surface area (Å²) in [6.07, 6.45) is -5.09. The summed E-state index contributed by atoms with van der Waals surface area (Å²) in [7, 11) is 0. The lowest BCUT2D eigenvalue weighted by atomic mass is 10.1. The molecule has 0 saturated carbocycles. The largest absolute Gasteiger partial charge is 0.573 e. The molecule has 0 heterocycles. The van der Waals surface area contributed by atoms with Crippen LogP contribution in [0.3, 0.4) is 0 Å². The number of carboxylic acid groups (broad SMARTS) is 1. The highest BCUT2D eigenvalue weighted by Crippen LogP contribution is 2.35. The lowest BCUT2D eigenvalue weighted by Crippen LogP contribution is -2.18. The van der Waals surface area contributed by atoms with Crippen molar-refractivity contribution in [1.82, 2.24) is 0 Å². The second kappa shape index (κ2) is 4.69. The molecule has 98 valence electrons. The molecule has 0 bridgehead atoms. The van der Waals surface area contributed by atoms with Gasteiger partial charge in [0.1, 0.15) is 11.3 Å². The summed E-state index contributed by atoms with van der Waals surface area (Å²) in [6.45, 7) is 0. The summed E-state index contributed by atoms with van der Waals surface area (Å²) in [4.78, 5) is 20.1. The molecule has 0 saturated heterocycles. The molecule has 18 heavy (non-hydrogen) atoms. The molecule has 1 rings (SSSR count). The van der Waals surface area contributed by atoms with E-state index in [1.165, 1.54) is 0 Å². The number of nitrogens with zero attached hydrogens (tertiary/aromatic N) is 1. The summed E-state index contributed by atoms with van der Waals surface area (Å²) in [5.41, 5.74) is -1.88. The van der Waals surface area contributed by atoms with Crippen LogP contribution in [0.5, 0.6) is 5.75 Å². The van der Waals surface area contributed by atoms with Crippen molar-refractivity contribution in [3.8, 4) is 5.75 Å². The van der Waals surface area contributed by atoms with Crippen LogP contribution < -0.4 is 4.74 Å². The van der Waals surface area contributed by atoms with Gasteiger partial charge in [-0.2, -0.15) is 0 Å². The van der Waals surface area contributed by atoms with Crippen molar-refractivity contribution in [2.45, 2.75) is 6.36 Å². The number of carboxylic acids is 1. The molecule has 0 fully saturated rings. The maximum absolute atomic E-state index is 12.0. The summed E-state index contributed by atoms with van der Waals surface area (Å²) in [6, 6.07) is 0.822. The van der Waals surface area contributed by atoms with E-state index in [2.05, 4.69) is 4.74 Å². The summed E-state index contributed by atoms with van der Waals surface area (Å²) < 4.78 is 39.3. The lowest BCUT2D eigenvalue weighted by Gasteiger charge is -2.10. The van der Waals surface area contributed by atoms with Gasteiger partial charge < -0.3 is 9.84 Å². The minimum atomic E-state index is -5.09. The number of halogens is 4. The van der Waals surface area contributed by atoms with Gasteiger partial charge in [0.25, 0.3) is 5.69 Å². The quantitative estimate of drug-likeness (QED) is 0.681. The Morgan fingerprint density at radius 3 is 2.39 bits per heavy atom. The monoisotopic (exact) mass is 285 g/mol. The maximum atomic E-state index is 12.0. The number of nitro benzene ring substituents is 1. The number of alkyl halides is 3. The summed E-state index contributed by atoms with van der Waals surface area (Å²) >= 11 is 5.33. The first kappa shape index (κ1) is 14.0. The van der Waals surface area contributed by atoms with Crippen molar-refractivity contribution in [2.24, 2.45) is 0 Å². The molecule has 0 aliphatic heterocycles. The first-order chi connectivity index (χ1) is 8.11. The van der Waals surface area contributed by atoms with Crippen LogP contribution in [0.1, 0.15) is 10.4 Å². The van der Waals surface area contributed by atoms with E-state index in [9.17, 15) is 28.1 Å². The highest BCUT2D eigenvalue weighted by molar-refractivity contribution is 6.32. The Morgan fingerprint density at radius 2 is 2.00 bits per heavy atom. The van der Waals surface area contributed by atoms with Crippen LogP contribution in [0, 0.1) is 10.1 Å². The molecule has 0 aliphatic carbocycles. The number of hydrogen-bond acceptors (Lipinski definition) is 4. The molecule has 0 unspecified atom stereocenters. The third-order valence-electron chi connectivity index (χ3n) is 1.70. The van der Waals surface area contributed by atoms with Crippen LogP contribution in [0.25, 0.3) is 0 Å². The number of ether oxygens (including phenoxy) is 1. The second-order valence-electron chi connectivity index (χ2n) is 2.91. The number of nitro groups is 1. The van der Waals surface area contributed by atoms with E-state index in [0.29, 0.717) is 12.1 Å². The Balaban J connectivity index is 3.36. The van der Waals surface area contributed by atoms with E-state index in [-0.39, 0.29) is 0 Å². The number of benzene rings is 1. The van der Waals surface area contributed by atoms with Gasteiger partial charge in [-0.05, 0) is 0 Å². The van der Waals surface area contributed by atoms with Crippen LogP contribution in [0.2, 0.25) is 5.02 Å². The Labute approximate surface area is 102 Å². The molecule has 10 heteroatoms. The third-order valence-corrected chi connectivity index (χ3v) is 2.00. The van der Waals surface area contributed by atoms with Crippen LogP contribution in [0.4, 0.5) is 18.9 Å². The fourth-order valence-corrected chi connectivity index (χ4v) is 1.26.